The van der Waals surface area contributed by atoms with Gasteiger partial charge in [0.1, 0.15) is 29.1 Å². The number of sulfonamides is 1. The van der Waals surface area contributed by atoms with Crippen LogP contribution in [0.2, 0.25) is 0 Å². The van der Waals surface area contributed by atoms with E-state index in [1.807, 2.05) is 0 Å². The zero-order valence-corrected chi connectivity index (χ0v) is 24.5. The van der Waals surface area contributed by atoms with Crippen molar-refractivity contribution in [2.45, 2.75) is 37.0 Å². The van der Waals surface area contributed by atoms with Gasteiger partial charge < -0.3 is 10.1 Å². The van der Waals surface area contributed by atoms with E-state index in [0.717, 1.165) is 68.7 Å². The van der Waals surface area contributed by atoms with Gasteiger partial charge in [-0.25, -0.2) is 35.3 Å². The summed E-state index contributed by atoms with van der Waals surface area (Å²) in [6.07, 6.45) is 7.30. The maximum atomic E-state index is 16.4. The van der Waals surface area contributed by atoms with Crippen LogP contribution in [0.15, 0.2) is 59.8 Å². The molecule has 0 spiro atoms. The van der Waals surface area contributed by atoms with Gasteiger partial charge in [-0.3, -0.25) is 9.78 Å². The lowest BCUT2D eigenvalue weighted by molar-refractivity contribution is -0.120. The number of nitrogens with one attached hydrogen (secondary N) is 1. The molecule has 1 aliphatic rings. The summed E-state index contributed by atoms with van der Waals surface area (Å²) in [5, 5.41) is 2.87. The molecule has 1 fully saturated rings. The molecule has 14 heteroatoms. The summed E-state index contributed by atoms with van der Waals surface area (Å²) in [4.78, 5) is 20.5. The second-order valence-electron chi connectivity index (χ2n) is 9.86. The standard InChI is InChI=1S/C29H26F4N4O4S2/c1-41-16-37(43(39,40)23-15-19(30)7-8-20(23)31)22-10-9-21(32)24(25(22)33)26-27(17-11-13-34-14-12-17)42-29(35-26)36-28(38)18-5-3-2-4-6-18/h7-15,18H,2-6,16H2,1H3,(H,35,36,38). The third-order valence-electron chi connectivity index (χ3n) is 7.06. The van der Waals surface area contributed by atoms with Crippen LogP contribution in [-0.2, 0) is 19.6 Å². The number of rotatable bonds is 9. The Morgan fingerprint density at radius 2 is 1.72 bits per heavy atom. The number of ether oxygens (including phenoxy) is 1. The van der Waals surface area contributed by atoms with Gasteiger partial charge in [-0.1, -0.05) is 30.6 Å². The van der Waals surface area contributed by atoms with Gasteiger partial charge in [0.15, 0.2) is 10.9 Å². The third kappa shape index (κ3) is 6.26. The molecule has 2 aromatic heterocycles. The van der Waals surface area contributed by atoms with Crippen LogP contribution in [-0.4, -0.2) is 38.1 Å². The van der Waals surface area contributed by atoms with E-state index in [9.17, 15) is 22.0 Å². The molecule has 5 rings (SSSR count). The van der Waals surface area contributed by atoms with Crippen molar-refractivity contribution in [3.8, 4) is 21.7 Å². The van der Waals surface area contributed by atoms with E-state index in [4.69, 9.17) is 4.74 Å². The van der Waals surface area contributed by atoms with Gasteiger partial charge in [-0.05, 0) is 60.9 Å². The van der Waals surface area contributed by atoms with Crippen LogP contribution < -0.4 is 9.62 Å². The van der Waals surface area contributed by atoms with Crippen LogP contribution in [0.3, 0.4) is 0 Å². The normalized spacial score (nSPS) is 14.1. The Morgan fingerprint density at radius 3 is 2.42 bits per heavy atom. The van der Waals surface area contributed by atoms with Gasteiger partial charge in [0.05, 0.1) is 21.8 Å². The summed E-state index contributed by atoms with van der Waals surface area (Å²) in [5.74, 6) is -5.18. The quantitative estimate of drug-likeness (QED) is 0.162. The Hall–Kier alpha value is -3.88. The highest BCUT2D eigenvalue weighted by Crippen LogP contribution is 2.43. The number of anilines is 2. The molecular formula is C29H26F4N4O4S2. The van der Waals surface area contributed by atoms with Gasteiger partial charge in [0.25, 0.3) is 10.0 Å². The second-order valence-corrected chi connectivity index (χ2v) is 12.7. The number of thiazole rings is 1. The molecule has 1 aliphatic carbocycles. The number of methoxy groups -OCH3 is 1. The van der Waals surface area contributed by atoms with E-state index in [2.05, 4.69) is 15.3 Å². The minimum absolute atomic E-state index is 0.102. The lowest BCUT2D eigenvalue weighted by Crippen LogP contribution is -2.34. The highest BCUT2D eigenvalue weighted by molar-refractivity contribution is 7.92. The monoisotopic (exact) mass is 634 g/mol. The van der Waals surface area contributed by atoms with E-state index in [0.29, 0.717) is 22.0 Å². The van der Waals surface area contributed by atoms with Gasteiger partial charge in [-0.2, -0.15) is 0 Å². The molecule has 0 bridgehead atoms. The Bertz CT molecular complexity index is 1750. The van der Waals surface area contributed by atoms with E-state index in [1.165, 1.54) is 12.4 Å². The summed E-state index contributed by atoms with van der Waals surface area (Å²) in [6, 6.07) is 6.70. The summed E-state index contributed by atoms with van der Waals surface area (Å²) in [6.45, 7) is -0.808. The third-order valence-corrected chi connectivity index (χ3v) is 9.83. The maximum Gasteiger partial charge on any atom is 0.269 e. The molecule has 8 nitrogen and oxygen atoms in total. The van der Waals surface area contributed by atoms with E-state index in [1.54, 1.807) is 12.1 Å². The van der Waals surface area contributed by atoms with Crippen molar-refractivity contribution in [2.75, 3.05) is 23.5 Å². The molecule has 0 aliphatic heterocycles. The Kier molecular flexibility index (Phi) is 9.08. The number of nitrogens with zero attached hydrogens (tertiary/aromatic N) is 3. The first-order chi connectivity index (χ1) is 20.6. The molecular weight excluding hydrogens is 608 g/mol. The molecule has 43 heavy (non-hydrogen) atoms. The minimum Gasteiger partial charge on any atom is -0.363 e. The van der Waals surface area contributed by atoms with Crippen molar-refractivity contribution in [3.63, 3.8) is 0 Å². The number of carbonyl (C=O) groups excluding carboxylic acids is 1. The Labute approximate surface area is 249 Å². The molecule has 0 unspecified atom stereocenters. The van der Waals surface area contributed by atoms with Crippen LogP contribution in [0.25, 0.3) is 21.7 Å². The highest BCUT2D eigenvalue weighted by atomic mass is 32.2. The SMILES string of the molecule is COCN(c1ccc(F)c(-c2nc(NC(=O)C3CCCCC3)sc2-c2ccncc2)c1F)S(=O)(=O)c1cc(F)ccc1F. The van der Waals surface area contributed by atoms with Crippen molar-refractivity contribution in [1.82, 2.24) is 9.97 Å². The summed E-state index contributed by atoms with van der Waals surface area (Å²) < 4.78 is 92.6. The maximum absolute atomic E-state index is 16.4. The highest BCUT2D eigenvalue weighted by Gasteiger charge is 2.33. The van der Waals surface area contributed by atoms with Crippen LogP contribution in [0, 0.1) is 29.2 Å². The first-order valence-corrected chi connectivity index (χ1v) is 15.5. The number of pyridine rings is 1. The number of halogens is 4. The zero-order valence-electron chi connectivity index (χ0n) is 22.8. The predicted octanol–water partition coefficient (Wildman–Crippen LogP) is 6.75. The minimum atomic E-state index is -4.94. The van der Waals surface area contributed by atoms with Crippen LogP contribution in [0.1, 0.15) is 32.1 Å². The van der Waals surface area contributed by atoms with E-state index < -0.39 is 56.2 Å². The topological polar surface area (TPSA) is 101 Å². The molecule has 1 saturated carbocycles. The Balaban J connectivity index is 1.63. The fourth-order valence-corrected chi connectivity index (χ4v) is 7.38. The van der Waals surface area contributed by atoms with Gasteiger partial charge in [-0.15, -0.1) is 0 Å². The summed E-state index contributed by atoms with van der Waals surface area (Å²) in [7, 11) is -3.82. The number of aromatic nitrogens is 2. The molecule has 1 amide bonds. The smallest absolute Gasteiger partial charge is 0.269 e. The second kappa shape index (κ2) is 12.8. The lowest BCUT2D eigenvalue weighted by atomic mass is 9.89. The van der Waals surface area contributed by atoms with Crippen molar-refractivity contribution < 1.29 is 35.5 Å². The molecule has 4 aromatic rings. The van der Waals surface area contributed by atoms with E-state index in [-0.39, 0.29) is 27.5 Å². The van der Waals surface area contributed by atoms with Crippen molar-refractivity contribution in [3.05, 3.63) is 78.1 Å². The first kappa shape index (κ1) is 30.6. The number of benzene rings is 2. The average Bonchev–Trinajstić information content (AvgIpc) is 3.41. The van der Waals surface area contributed by atoms with Gasteiger partial charge >= 0.3 is 0 Å². The fourth-order valence-electron chi connectivity index (χ4n) is 4.94. The molecule has 1 N–H and O–H groups in total. The number of hydrogen-bond donors (Lipinski definition) is 1. The first-order valence-electron chi connectivity index (χ1n) is 13.3. The average molecular weight is 635 g/mol. The van der Waals surface area contributed by atoms with E-state index >= 15 is 8.78 Å². The largest absolute Gasteiger partial charge is 0.363 e. The number of amides is 1. The van der Waals surface area contributed by atoms with Crippen molar-refractivity contribution in [1.29, 1.82) is 0 Å². The van der Waals surface area contributed by atoms with Crippen LogP contribution in [0.5, 0.6) is 0 Å². The molecule has 0 saturated heterocycles. The molecule has 0 radical (unpaired) electrons. The van der Waals surface area contributed by atoms with Crippen molar-refractivity contribution >= 4 is 38.1 Å². The zero-order chi connectivity index (χ0) is 30.7. The number of carbonyl (C=O) groups is 1. The predicted molar refractivity (Wildman–Crippen MR) is 154 cm³/mol. The summed E-state index contributed by atoms with van der Waals surface area (Å²) in [5.41, 5.74) is -1.08. The molecule has 2 heterocycles. The molecule has 226 valence electrons. The molecule has 0 atom stereocenters. The van der Waals surface area contributed by atoms with Crippen molar-refractivity contribution in [2.24, 2.45) is 5.92 Å². The lowest BCUT2D eigenvalue weighted by Gasteiger charge is -2.25. The van der Waals surface area contributed by atoms with Gasteiger partial charge in [0, 0.05) is 25.4 Å². The summed E-state index contributed by atoms with van der Waals surface area (Å²) >= 11 is 0.996. The van der Waals surface area contributed by atoms with Crippen LogP contribution >= 0.6 is 11.3 Å². The Morgan fingerprint density at radius 1 is 1.02 bits per heavy atom. The number of hydrogen-bond acceptors (Lipinski definition) is 7. The van der Waals surface area contributed by atoms with Gasteiger partial charge in [0.2, 0.25) is 5.91 Å². The van der Waals surface area contributed by atoms with Crippen LogP contribution in [0.4, 0.5) is 28.4 Å². The molecule has 2 aromatic carbocycles. The fraction of sp³-hybridized carbons (Fsp3) is 0.276.